The average Bonchev–Trinajstić information content (AvgIpc) is 1.96. The number of hydrogen-bond donors (Lipinski definition) is 1. The van der Waals surface area contributed by atoms with E-state index < -0.39 is 0 Å². The molecule has 1 rings (SSSR count). The highest BCUT2D eigenvalue weighted by Crippen LogP contribution is 2.24. The molecule has 1 aromatic carbocycles. The van der Waals surface area contributed by atoms with Crippen molar-refractivity contribution in [2.24, 2.45) is 0 Å². The van der Waals surface area contributed by atoms with E-state index in [9.17, 15) is 0 Å². The van der Waals surface area contributed by atoms with Crippen LogP contribution in [-0.4, -0.2) is 0 Å². The highest BCUT2D eigenvalue weighted by Gasteiger charge is 2.02. The number of aryl methyl sites for hydroxylation is 3. The van der Waals surface area contributed by atoms with Crippen molar-refractivity contribution in [3.05, 3.63) is 41.7 Å². The van der Waals surface area contributed by atoms with Crippen LogP contribution in [0.1, 0.15) is 16.7 Å². The fraction of sp³-hybridized carbons (Fsp3) is 0.273. The highest BCUT2D eigenvalue weighted by molar-refractivity contribution is 5.43. The minimum atomic E-state index is 0. The summed E-state index contributed by atoms with van der Waals surface area (Å²) in [7, 11) is 0. The molecule has 0 aliphatic heterocycles. The molecule has 3 N–H and O–H groups in total. The molecule has 0 saturated carbocycles. The fourth-order valence-electron chi connectivity index (χ4n) is 1.44. The normalized spacial score (nSPS) is 8.85. The lowest BCUT2D eigenvalue weighted by Gasteiger charge is -2.08. The molecular weight excluding hydrogens is 162 g/mol. The zero-order valence-electron chi connectivity index (χ0n) is 8.55. The van der Waals surface area contributed by atoms with E-state index in [1.54, 1.807) is 0 Å². The van der Waals surface area contributed by atoms with Crippen LogP contribution in [0.25, 0.3) is 0 Å². The number of hydrogen-bond acceptors (Lipinski definition) is 2. The number of benzene rings is 1. The van der Waals surface area contributed by atoms with Gasteiger partial charge in [-0.15, -0.1) is 0 Å². The van der Waals surface area contributed by atoms with Crippen LogP contribution in [0.15, 0.2) is 25.0 Å². The molecule has 0 atom stereocenters. The maximum Gasteiger partial charge on any atom is 0.132 e. The fourth-order valence-corrected chi connectivity index (χ4v) is 1.44. The summed E-state index contributed by atoms with van der Waals surface area (Å²) in [6, 6.07) is 4.21. The van der Waals surface area contributed by atoms with Crippen LogP contribution in [0.2, 0.25) is 0 Å². The van der Waals surface area contributed by atoms with E-state index in [-0.39, 0.29) is 6.15 Å². The van der Waals surface area contributed by atoms with Gasteiger partial charge in [-0.2, -0.15) is 0 Å². The van der Waals surface area contributed by atoms with Crippen LogP contribution < -0.4 is 10.9 Å². The average molecular weight is 179 g/mol. The van der Waals surface area contributed by atoms with Crippen molar-refractivity contribution in [2.45, 2.75) is 20.8 Å². The number of ether oxygens (including phenoxy) is 1. The van der Waals surface area contributed by atoms with E-state index in [0.717, 1.165) is 16.9 Å². The van der Waals surface area contributed by atoms with E-state index in [1.165, 1.54) is 11.8 Å². The third-order valence-corrected chi connectivity index (χ3v) is 1.81. The van der Waals surface area contributed by atoms with Crippen LogP contribution in [0.5, 0.6) is 5.75 Å². The molecule has 0 radical (unpaired) electrons. The summed E-state index contributed by atoms with van der Waals surface area (Å²) in [5.41, 5.74) is 3.58. The van der Waals surface area contributed by atoms with Crippen LogP contribution in [0.4, 0.5) is 0 Å². The predicted octanol–water partition coefficient (Wildman–Crippen LogP) is 3.30. The van der Waals surface area contributed by atoms with Crippen molar-refractivity contribution < 1.29 is 4.74 Å². The van der Waals surface area contributed by atoms with Gasteiger partial charge in [-0.25, -0.2) is 0 Å². The summed E-state index contributed by atoms with van der Waals surface area (Å²) in [5.74, 6) is 0.926. The second-order valence-corrected chi connectivity index (χ2v) is 3.01. The van der Waals surface area contributed by atoms with Gasteiger partial charge in [0.25, 0.3) is 0 Å². The Balaban J connectivity index is 0.00000144. The Kier molecular flexibility index (Phi) is 4.21. The third-order valence-electron chi connectivity index (χ3n) is 1.81. The Hall–Kier alpha value is -1.28. The standard InChI is InChI=1S/C11H14O.H3N/c1-5-12-11-9(3)6-8(2)7-10(11)4;/h5-7H,1H2,2-4H3;1H3. The summed E-state index contributed by atoms with van der Waals surface area (Å²) in [4.78, 5) is 0. The van der Waals surface area contributed by atoms with Gasteiger partial charge in [-0.3, -0.25) is 0 Å². The lowest BCUT2D eigenvalue weighted by atomic mass is 10.1. The molecule has 2 heteroatoms. The smallest absolute Gasteiger partial charge is 0.132 e. The van der Waals surface area contributed by atoms with Crippen LogP contribution in [-0.2, 0) is 0 Å². The Labute approximate surface area is 79.8 Å². The van der Waals surface area contributed by atoms with Gasteiger partial charge < -0.3 is 10.9 Å². The summed E-state index contributed by atoms with van der Waals surface area (Å²) in [6.45, 7) is 9.70. The van der Waals surface area contributed by atoms with Gasteiger partial charge in [-0.05, 0) is 31.9 Å². The minimum absolute atomic E-state index is 0. The molecule has 1 aromatic rings. The maximum atomic E-state index is 5.29. The molecule has 0 unspecified atom stereocenters. The Morgan fingerprint density at radius 3 is 2.00 bits per heavy atom. The third kappa shape index (κ3) is 2.60. The van der Waals surface area contributed by atoms with Gasteiger partial charge in [-0.1, -0.05) is 24.3 Å². The van der Waals surface area contributed by atoms with Gasteiger partial charge in [0.05, 0.1) is 6.26 Å². The summed E-state index contributed by atoms with van der Waals surface area (Å²) in [6.07, 6.45) is 1.46. The largest absolute Gasteiger partial charge is 0.465 e. The molecule has 0 saturated heterocycles. The zero-order chi connectivity index (χ0) is 9.14. The predicted molar refractivity (Wildman–Crippen MR) is 56.5 cm³/mol. The van der Waals surface area contributed by atoms with E-state index in [2.05, 4.69) is 25.6 Å². The molecule has 0 aliphatic carbocycles. The molecule has 0 bridgehead atoms. The molecule has 2 nitrogen and oxygen atoms in total. The second kappa shape index (κ2) is 4.67. The van der Waals surface area contributed by atoms with Gasteiger partial charge in [0.15, 0.2) is 0 Å². The topological polar surface area (TPSA) is 44.2 Å². The van der Waals surface area contributed by atoms with Crippen molar-refractivity contribution in [3.63, 3.8) is 0 Å². The second-order valence-electron chi connectivity index (χ2n) is 3.01. The van der Waals surface area contributed by atoms with E-state index in [1.807, 2.05) is 13.8 Å². The monoisotopic (exact) mass is 179 g/mol. The minimum Gasteiger partial charge on any atom is -0.465 e. The number of rotatable bonds is 2. The van der Waals surface area contributed by atoms with E-state index >= 15 is 0 Å². The molecule has 13 heavy (non-hydrogen) atoms. The Morgan fingerprint density at radius 1 is 1.15 bits per heavy atom. The molecule has 0 fully saturated rings. The molecule has 0 heterocycles. The molecule has 0 spiro atoms. The first kappa shape index (κ1) is 11.7. The highest BCUT2D eigenvalue weighted by atomic mass is 16.5. The molecule has 0 aliphatic rings. The lowest BCUT2D eigenvalue weighted by Crippen LogP contribution is -1.90. The van der Waals surface area contributed by atoms with Crippen molar-refractivity contribution in [1.82, 2.24) is 6.15 Å². The summed E-state index contributed by atoms with van der Waals surface area (Å²) in [5, 5.41) is 0. The van der Waals surface area contributed by atoms with Crippen LogP contribution in [0, 0.1) is 20.8 Å². The van der Waals surface area contributed by atoms with Gasteiger partial charge in [0.2, 0.25) is 0 Å². The van der Waals surface area contributed by atoms with Crippen molar-refractivity contribution >= 4 is 0 Å². The first-order valence-electron chi connectivity index (χ1n) is 4.00. The van der Waals surface area contributed by atoms with Crippen molar-refractivity contribution in [2.75, 3.05) is 0 Å². The van der Waals surface area contributed by atoms with E-state index in [0.29, 0.717) is 0 Å². The first-order valence-corrected chi connectivity index (χ1v) is 4.00. The Bertz CT molecular complexity index is 282. The molecule has 72 valence electrons. The van der Waals surface area contributed by atoms with Gasteiger partial charge >= 0.3 is 0 Å². The van der Waals surface area contributed by atoms with Crippen LogP contribution in [0.3, 0.4) is 0 Å². The van der Waals surface area contributed by atoms with Gasteiger partial charge in [0.1, 0.15) is 5.75 Å². The quantitative estimate of drug-likeness (QED) is 0.708. The van der Waals surface area contributed by atoms with Gasteiger partial charge in [0, 0.05) is 0 Å². The van der Waals surface area contributed by atoms with Crippen molar-refractivity contribution in [1.29, 1.82) is 0 Å². The van der Waals surface area contributed by atoms with Crippen LogP contribution >= 0.6 is 0 Å². The zero-order valence-corrected chi connectivity index (χ0v) is 8.55. The lowest BCUT2D eigenvalue weighted by molar-refractivity contribution is 0.475. The summed E-state index contributed by atoms with van der Waals surface area (Å²) >= 11 is 0. The van der Waals surface area contributed by atoms with E-state index in [4.69, 9.17) is 4.74 Å². The maximum absolute atomic E-state index is 5.29. The SMILES string of the molecule is C=COc1c(C)cc(C)cc1C.N. The summed E-state index contributed by atoms with van der Waals surface area (Å²) < 4.78 is 5.29. The molecular formula is C11H17NO. The molecule has 0 aromatic heterocycles. The Morgan fingerprint density at radius 2 is 1.62 bits per heavy atom. The van der Waals surface area contributed by atoms with Crippen molar-refractivity contribution in [3.8, 4) is 5.75 Å². The first-order chi connectivity index (χ1) is 5.65. The molecule has 0 amide bonds.